The molecule has 1 aromatic heterocycles. The van der Waals surface area contributed by atoms with E-state index in [2.05, 4.69) is 0 Å². The predicted molar refractivity (Wildman–Crippen MR) is 56.2 cm³/mol. The number of aliphatic hydroxyl groups is 1. The van der Waals surface area contributed by atoms with Gasteiger partial charge in [-0.05, 0) is 30.7 Å². The monoisotopic (exact) mass is 220 g/mol. The molecule has 0 spiro atoms. The number of hydrogen-bond donors (Lipinski definition) is 1. The lowest BCUT2D eigenvalue weighted by atomic mass is 10.3. The first kappa shape index (κ1) is 11.0. The van der Waals surface area contributed by atoms with Crippen molar-refractivity contribution in [1.29, 1.82) is 0 Å². The van der Waals surface area contributed by atoms with Gasteiger partial charge in [-0.1, -0.05) is 6.92 Å². The Bertz CT molecular complexity index is 260. The average Bonchev–Trinajstić information content (AvgIpc) is 2.47. The zero-order chi connectivity index (χ0) is 9.84. The highest BCUT2D eigenvalue weighted by molar-refractivity contribution is 7.99. The fourth-order valence-corrected chi connectivity index (χ4v) is 1.81. The van der Waals surface area contributed by atoms with Crippen molar-refractivity contribution < 1.29 is 9.52 Å². The SMILES string of the molecule is CC(O)C(C)SCc1ccc(Cl)o1. The molecule has 2 nitrogen and oxygen atoms in total. The van der Waals surface area contributed by atoms with Crippen molar-refractivity contribution in [2.75, 3.05) is 0 Å². The van der Waals surface area contributed by atoms with Crippen LogP contribution in [0.15, 0.2) is 16.5 Å². The minimum Gasteiger partial charge on any atom is -0.449 e. The van der Waals surface area contributed by atoms with Gasteiger partial charge in [0, 0.05) is 5.25 Å². The standard InChI is InChI=1S/C9H13ClO2S/c1-6(11)7(2)13-5-8-3-4-9(10)12-8/h3-4,6-7,11H,5H2,1-2H3. The van der Waals surface area contributed by atoms with Crippen LogP contribution in [0.2, 0.25) is 5.22 Å². The molecule has 1 rings (SSSR count). The Labute approximate surface area is 87.3 Å². The van der Waals surface area contributed by atoms with Gasteiger partial charge in [-0.2, -0.15) is 0 Å². The van der Waals surface area contributed by atoms with E-state index in [1.165, 1.54) is 0 Å². The Balaban J connectivity index is 2.35. The van der Waals surface area contributed by atoms with Gasteiger partial charge in [-0.25, -0.2) is 0 Å². The third-order valence-electron chi connectivity index (χ3n) is 1.80. The second-order valence-electron chi connectivity index (χ2n) is 2.96. The van der Waals surface area contributed by atoms with E-state index >= 15 is 0 Å². The van der Waals surface area contributed by atoms with Crippen molar-refractivity contribution >= 4 is 23.4 Å². The fraction of sp³-hybridized carbons (Fsp3) is 0.556. The zero-order valence-electron chi connectivity index (χ0n) is 7.66. The third kappa shape index (κ3) is 3.63. The highest BCUT2D eigenvalue weighted by Crippen LogP contribution is 2.22. The highest BCUT2D eigenvalue weighted by Gasteiger charge is 2.10. The summed E-state index contributed by atoms with van der Waals surface area (Å²) in [5, 5.41) is 9.86. The molecule has 74 valence electrons. The van der Waals surface area contributed by atoms with Crippen LogP contribution < -0.4 is 0 Å². The highest BCUT2D eigenvalue weighted by atomic mass is 35.5. The predicted octanol–water partition coefficient (Wildman–Crippen LogP) is 2.94. The van der Waals surface area contributed by atoms with Gasteiger partial charge in [0.15, 0.2) is 5.22 Å². The molecule has 0 aliphatic heterocycles. The van der Waals surface area contributed by atoms with Crippen molar-refractivity contribution in [2.45, 2.75) is 31.0 Å². The van der Waals surface area contributed by atoms with E-state index in [1.807, 2.05) is 13.0 Å². The Kier molecular flexibility index (Phi) is 4.16. The molecule has 0 amide bonds. The second-order valence-corrected chi connectivity index (χ2v) is 4.70. The molecular weight excluding hydrogens is 208 g/mol. The largest absolute Gasteiger partial charge is 0.449 e. The van der Waals surface area contributed by atoms with E-state index in [4.69, 9.17) is 16.0 Å². The van der Waals surface area contributed by atoms with Gasteiger partial charge < -0.3 is 9.52 Å². The number of rotatable bonds is 4. The van der Waals surface area contributed by atoms with Crippen LogP contribution in [0.4, 0.5) is 0 Å². The molecule has 0 saturated carbocycles. The number of thioether (sulfide) groups is 1. The Morgan fingerprint density at radius 1 is 1.54 bits per heavy atom. The average molecular weight is 221 g/mol. The normalized spacial score (nSPS) is 15.7. The molecule has 0 radical (unpaired) electrons. The summed E-state index contributed by atoms with van der Waals surface area (Å²) in [6, 6.07) is 3.58. The van der Waals surface area contributed by atoms with Gasteiger partial charge in [-0.3, -0.25) is 0 Å². The number of aliphatic hydroxyl groups excluding tert-OH is 1. The van der Waals surface area contributed by atoms with Crippen molar-refractivity contribution in [3.63, 3.8) is 0 Å². The number of hydrogen-bond acceptors (Lipinski definition) is 3. The van der Waals surface area contributed by atoms with Crippen LogP contribution >= 0.6 is 23.4 Å². The number of furan rings is 1. The first-order chi connectivity index (χ1) is 6.09. The summed E-state index contributed by atoms with van der Waals surface area (Å²) >= 11 is 7.26. The lowest BCUT2D eigenvalue weighted by Gasteiger charge is -2.12. The van der Waals surface area contributed by atoms with Gasteiger partial charge in [0.25, 0.3) is 0 Å². The topological polar surface area (TPSA) is 33.4 Å². The molecule has 0 aromatic carbocycles. The minimum absolute atomic E-state index is 0.212. The zero-order valence-corrected chi connectivity index (χ0v) is 9.23. The fourth-order valence-electron chi connectivity index (χ4n) is 0.782. The molecule has 4 heteroatoms. The maximum Gasteiger partial charge on any atom is 0.193 e. The quantitative estimate of drug-likeness (QED) is 0.847. The maximum atomic E-state index is 9.23. The second kappa shape index (κ2) is 4.94. The minimum atomic E-state index is -0.296. The molecule has 0 saturated heterocycles. The Hall–Kier alpha value is -0.120. The molecule has 0 fully saturated rings. The van der Waals surface area contributed by atoms with Crippen LogP contribution in [-0.4, -0.2) is 16.5 Å². The molecule has 1 N–H and O–H groups in total. The van der Waals surface area contributed by atoms with Crippen LogP contribution in [-0.2, 0) is 5.75 Å². The third-order valence-corrected chi connectivity index (χ3v) is 3.37. The van der Waals surface area contributed by atoms with Gasteiger partial charge >= 0.3 is 0 Å². The van der Waals surface area contributed by atoms with E-state index in [0.717, 1.165) is 11.5 Å². The first-order valence-corrected chi connectivity index (χ1v) is 5.56. The van der Waals surface area contributed by atoms with Crippen molar-refractivity contribution in [3.8, 4) is 0 Å². The summed E-state index contributed by atoms with van der Waals surface area (Å²) in [4.78, 5) is 0. The Morgan fingerprint density at radius 2 is 2.23 bits per heavy atom. The van der Waals surface area contributed by atoms with Crippen LogP contribution in [0.25, 0.3) is 0 Å². The van der Waals surface area contributed by atoms with E-state index in [-0.39, 0.29) is 11.4 Å². The first-order valence-electron chi connectivity index (χ1n) is 4.13. The summed E-state index contributed by atoms with van der Waals surface area (Å²) in [7, 11) is 0. The summed E-state index contributed by atoms with van der Waals surface area (Å²) in [5.74, 6) is 1.60. The maximum absolute atomic E-state index is 9.23. The van der Waals surface area contributed by atoms with E-state index in [0.29, 0.717) is 5.22 Å². The lowest BCUT2D eigenvalue weighted by Crippen LogP contribution is -2.15. The summed E-state index contributed by atoms with van der Waals surface area (Å²) < 4.78 is 5.18. The van der Waals surface area contributed by atoms with E-state index in [9.17, 15) is 5.11 Å². The molecule has 0 aliphatic carbocycles. The van der Waals surface area contributed by atoms with Crippen LogP contribution in [0.5, 0.6) is 0 Å². The molecule has 2 atom stereocenters. The van der Waals surface area contributed by atoms with Gasteiger partial charge in [0.2, 0.25) is 0 Å². The van der Waals surface area contributed by atoms with E-state index in [1.54, 1.807) is 24.8 Å². The van der Waals surface area contributed by atoms with Crippen LogP contribution in [0.3, 0.4) is 0 Å². The summed E-state index contributed by atoms with van der Waals surface area (Å²) in [6.45, 7) is 3.77. The molecule has 0 aliphatic rings. The van der Waals surface area contributed by atoms with Crippen molar-refractivity contribution in [1.82, 2.24) is 0 Å². The molecule has 2 unspecified atom stereocenters. The molecule has 0 bridgehead atoms. The number of halogens is 1. The summed E-state index contributed by atoms with van der Waals surface area (Å²) in [5.41, 5.74) is 0. The van der Waals surface area contributed by atoms with Crippen LogP contribution in [0.1, 0.15) is 19.6 Å². The van der Waals surface area contributed by atoms with Crippen molar-refractivity contribution in [2.24, 2.45) is 0 Å². The van der Waals surface area contributed by atoms with Crippen LogP contribution in [0, 0.1) is 0 Å². The Morgan fingerprint density at radius 3 is 2.69 bits per heavy atom. The summed E-state index contributed by atoms with van der Waals surface area (Å²) in [6.07, 6.45) is -0.296. The molecule has 1 heterocycles. The van der Waals surface area contributed by atoms with Gasteiger partial charge in [-0.15, -0.1) is 11.8 Å². The smallest absolute Gasteiger partial charge is 0.193 e. The van der Waals surface area contributed by atoms with Crippen molar-refractivity contribution in [3.05, 3.63) is 23.1 Å². The molecular formula is C9H13ClO2S. The van der Waals surface area contributed by atoms with Gasteiger partial charge in [0.05, 0.1) is 11.9 Å². The molecule has 1 aromatic rings. The molecule has 13 heavy (non-hydrogen) atoms. The van der Waals surface area contributed by atoms with E-state index < -0.39 is 0 Å². The van der Waals surface area contributed by atoms with Gasteiger partial charge in [0.1, 0.15) is 5.76 Å². The lowest BCUT2D eigenvalue weighted by molar-refractivity contribution is 0.196.